The summed E-state index contributed by atoms with van der Waals surface area (Å²) < 4.78 is 11.5. The van der Waals surface area contributed by atoms with Crippen LogP contribution < -0.4 is 10.1 Å². The summed E-state index contributed by atoms with van der Waals surface area (Å²) in [4.78, 5) is 3.89. The molecule has 18 heavy (non-hydrogen) atoms. The molecule has 0 bridgehead atoms. The number of morpholine rings is 1. The molecule has 2 rings (SSSR count). The molecule has 1 saturated heterocycles. The first kappa shape index (κ1) is 12.8. The Labute approximate surface area is 107 Å². The van der Waals surface area contributed by atoms with Crippen molar-refractivity contribution in [3.8, 4) is 11.8 Å². The molecule has 1 fully saturated rings. The number of aromatic nitrogens is 1. The van der Waals surface area contributed by atoms with Gasteiger partial charge in [-0.05, 0) is 19.9 Å². The summed E-state index contributed by atoms with van der Waals surface area (Å²) in [7, 11) is 0. The molecule has 0 radical (unpaired) electrons. The Bertz CT molecular complexity index is 454. The Morgan fingerprint density at radius 3 is 3.22 bits per heavy atom. The predicted octanol–water partition coefficient (Wildman–Crippen LogP) is 1.10. The van der Waals surface area contributed by atoms with E-state index in [1.54, 1.807) is 18.3 Å². The summed E-state index contributed by atoms with van der Waals surface area (Å²) >= 11 is 0. The molecule has 1 atom stereocenters. The molecule has 1 aromatic heterocycles. The smallest absolute Gasteiger partial charge is 0.144 e. The molecule has 1 aliphatic rings. The number of hydrogen-bond acceptors (Lipinski definition) is 5. The van der Waals surface area contributed by atoms with E-state index in [1.165, 1.54) is 0 Å². The molecule has 0 aromatic carbocycles. The van der Waals surface area contributed by atoms with Crippen LogP contribution in [0.1, 0.15) is 19.5 Å². The van der Waals surface area contributed by atoms with E-state index in [0.29, 0.717) is 18.1 Å². The summed E-state index contributed by atoms with van der Waals surface area (Å²) in [5.74, 6) is 0.647. The average Bonchev–Trinajstić information content (AvgIpc) is 2.35. The van der Waals surface area contributed by atoms with E-state index in [-0.39, 0.29) is 11.7 Å². The Hall–Kier alpha value is -1.64. The van der Waals surface area contributed by atoms with Crippen LogP contribution in [-0.4, -0.2) is 36.4 Å². The molecule has 0 aliphatic carbocycles. The van der Waals surface area contributed by atoms with Crippen molar-refractivity contribution in [3.05, 3.63) is 24.0 Å². The Morgan fingerprint density at radius 2 is 2.50 bits per heavy atom. The van der Waals surface area contributed by atoms with Gasteiger partial charge in [0.2, 0.25) is 0 Å². The maximum absolute atomic E-state index is 8.74. The molecule has 1 aliphatic heterocycles. The maximum Gasteiger partial charge on any atom is 0.144 e. The standard InChI is InChI=1S/C13H17N3O2/c1-13(2)9-15-7-12(18-13)8-17-11-3-4-16-10(5-11)6-14/h3-5,12,15H,7-9H2,1-2H3. The molecule has 0 amide bonds. The van der Waals surface area contributed by atoms with Crippen molar-refractivity contribution in [2.24, 2.45) is 0 Å². The minimum Gasteiger partial charge on any atom is -0.491 e. The van der Waals surface area contributed by atoms with Crippen molar-refractivity contribution in [1.29, 1.82) is 5.26 Å². The van der Waals surface area contributed by atoms with Gasteiger partial charge < -0.3 is 14.8 Å². The SMILES string of the molecule is CC1(C)CNCC(COc2ccnc(C#N)c2)O1. The molecule has 2 heterocycles. The van der Waals surface area contributed by atoms with Crippen LogP contribution >= 0.6 is 0 Å². The van der Waals surface area contributed by atoms with Gasteiger partial charge in [-0.2, -0.15) is 5.26 Å². The monoisotopic (exact) mass is 247 g/mol. The molecule has 5 nitrogen and oxygen atoms in total. The summed E-state index contributed by atoms with van der Waals surface area (Å²) in [5, 5.41) is 12.1. The van der Waals surface area contributed by atoms with Gasteiger partial charge in [-0.15, -0.1) is 0 Å². The van der Waals surface area contributed by atoms with Gasteiger partial charge in [0.05, 0.1) is 5.60 Å². The fourth-order valence-corrected chi connectivity index (χ4v) is 1.91. The van der Waals surface area contributed by atoms with Crippen LogP contribution in [0.2, 0.25) is 0 Å². The minimum absolute atomic E-state index is 0.0208. The van der Waals surface area contributed by atoms with Crippen LogP contribution in [-0.2, 0) is 4.74 Å². The molecular weight excluding hydrogens is 230 g/mol. The molecule has 96 valence electrons. The number of nitrogens with zero attached hydrogens (tertiary/aromatic N) is 2. The van der Waals surface area contributed by atoms with Crippen LogP contribution in [0, 0.1) is 11.3 Å². The average molecular weight is 247 g/mol. The molecule has 5 heteroatoms. The van der Waals surface area contributed by atoms with E-state index in [1.807, 2.05) is 19.9 Å². The third-order valence-electron chi connectivity index (χ3n) is 2.69. The number of rotatable bonds is 3. The first-order valence-electron chi connectivity index (χ1n) is 5.96. The number of nitriles is 1. The zero-order valence-electron chi connectivity index (χ0n) is 10.6. The van der Waals surface area contributed by atoms with Gasteiger partial charge in [0.1, 0.15) is 30.2 Å². The van der Waals surface area contributed by atoms with Crippen LogP contribution in [0.15, 0.2) is 18.3 Å². The van der Waals surface area contributed by atoms with Crippen molar-refractivity contribution in [1.82, 2.24) is 10.3 Å². The van der Waals surface area contributed by atoms with Gasteiger partial charge in [0.25, 0.3) is 0 Å². The zero-order chi connectivity index (χ0) is 13.0. The van der Waals surface area contributed by atoms with Gasteiger partial charge in [-0.1, -0.05) is 0 Å². The highest BCUT2D eigenvalue weighted by Crippen LogP contribution is 2.17. The summed E-state index contributed by atoms with van der Waals surface area (Å²) in [6, 6.07) is 5.35. The van der Waals surface area contributed by atoms with Gasteiger partial charge in [-0.25, -0.2) is 4.98 Å². The summed E-state index contributed by atoms with van der Waals surface area (Å²) in [5.41, 5.74) is 0.193. The van der Waals surface area contributed by atoms with Crippen LogP contribution in [0.25, 0.3) is 0 Å². The zero-order valence-corrected chi connectivity index (χ0v) is 10.6. The van der Waals surface area contributed by atoms with Crippen molar-refractivity contribution >= 4 is 0 Å². The second kappa shape index (κ2) is 5.34. The van der Waals surface area contributed by atoms with Crippen LogP contribution in [0.4, 0.5) is 0 Å². The summed E-state index contributed by atoms with van der Waals surface area (Å²) in [6.07, 6.45) is 1.59. The van der Waals surface area contributed by atoms with E-state index in [0.717, 1.165) is 13.1 Å². The quantitative estimate of drug-likeness (QED) is 0.866. The molecule has 0 spiro atoms. The maximum atomic E-state index is 8.74. The highest BCUT2D eigenvalue weighted by molar-refractivity contribution is 5.29. The highest BCUT2D eigenvalue weighted by Gasteiger charge is 2.28. The molecular formula is C13H17N3O2. The van der Waals surface area contributed by atoms with Gasteiger partial charge in [-0.3, -0.25) is 0 Å². The lowest BCUT2D eigenvalue weighted by molar-refractivity contribution is -0.107. The van der Waals surface area contributed by atoms with Crippen molar-refractivity contribution in [2.75, 3.05) is 19.7 Å². The lowest BCUT2D eigenvalue weighted by Gasteiger charge is -2.36. The van der Waals surface area contributed by atoms with Gasteiger partial charge in [0.15, 0.2) is 0 Å². The molecule has 0 saturated carbocycles. The second-order valence-electron chi connectivity index (χ2n) is 4.93. The van der Waals surface area contributed by atoms with Crippen molar-refractivity contribution in [2.45, 2.75) is 25.6 Å². The molecule has 1 aromatic rings. The summed E-state index contributed by atoms with van der Waals surface area (Å²) in [6.45, 7) is 6.18. The van der Waals surface area contributed by atoms with E-state index in [9.17, 15) is 0 Å². The normalized spacial score (nSPS) is 22.2. The van der Waals surface area contributed by atoms with Gasteiger partial charge >= 0.3 is 0 Å². The fraction of sp³-hybridized carbons (Fsp3) is 0.538. The van der Waals surface area contributed by atoms with E-state index in [2.05, 4.69) is 10.3 Å². The predicted molar refractivity (Wildman–Crippen MR) is 66.3 cm³/mol. The lowest BCUT2D eigenvalue weighted by Crippen LogP contribution is -2.52. The number of ether oxygens (including phenoxy) is 2. The van der Waals surface area contributed by atoms with Crippen LogP contribution in [0.5, 0.6) is 5.75 Å². The minimum atomic E-state index is -0.164. The number of pyridine rings is 1. The highest BCUT2D eigenvalue weighted by atomic mass is 16.5. The van der Waals surface area contributed by atoms with Crippen molar-refractivity contribution in [3.63, 3.8) is 0 Å². The second-order valence-corrected chi connectivity index (χ2v) is 4.93. The lowest BCUT2D eigenvalue weighted by atomic mass is 10.1. The number of nitrogens with one attached hydrogen (secondary N) is 1. The third-order valence-corrected chi connectivity index (χ3v) is 2.69. The Balaban J connectivity index is 1.89. The van der Waals surface area contributed by atoms with E-state index in [4.69, 9.17) is 14.7 Å². The van der Waals surface area contributed by atoms with E-state index < -0.39 is 0 Å². The largest absolute Gasteiger partial charge is 0.491 e. The molecule has 1 N–H and O–H groups in total. The Kier molecular flexibility index (Phi) is 3.80. The van der Waals surface area contributed by atoms with Gasteiger partial charge in [0, 0.05) is 25.4 Å². The number of hydrogen-bond donors (Lipinski definition) is 1. The first-order valence-corrected chi connectivity index (χ1v) is 5.96. The molecule has 1 unspecified atom stereocenters. The first-order chi connectivity index (χ1) is 8.59. The Morgan fingerprint density at radius 1 is 1.67 bits per heavy atom. The van der Waals surface area contributed by atoms with Crippen molar-refractivity contribution < 1.29 is 9.47 Å². The fourth-order valence-electron chi connectivity index (χ4n) is 1.91. The van der Waals surface area contributed by atoms with E-state index >= 15 is 0 Å². The topological polar surface area (TPSA) is 67.2 Å². The third kappa shape index (κ3) is 3.42. The van der Waals surface area contributed by atoms with Crippen LogP contribution in [0.3, 0.4) is 0 Å².